The van der Waals surface area contributed by atoms with Crippen molar-refractivity contribution in [3.63, 3.8) is 0 Å². The highest BCUT2D eigenvalue weighted by atomic mass is 28.4. The monoisotopic (exact) mass is 306 g/mol. The van der Waals surface area contributed by atoms with Crippen LogP contribution >= 0.6 is 0 Å². The molecule has 0 amide bonds. The molecule has 0 aliphatic heterocycles. The molecular formula is C14H30O5Si. The Balaban J connectivity index is 3.39. The molecule has 0 rings (SSSR count). The van der Waals surface area contributed by atoms with Crippen molar-refractivity contribution in [3.05, 3.63) is 0 Å². The standard InChI is InChI=1S/C14H30O5Si/c1-13(15)18-11-9-16-7-8-17-10-12-19-20(5,6)14(2,3)4/h7-12H2,1-6H3. The third kappa shape index (κ3) is 9.47. The summed E-state index contributed by atoms with van der Waals surface area (Å²) in [6, 6.07) is 0. The maximum Gasteiger partial charge on any atom is 0.302 e. The summed E-state index contributed by atoms with van der Waals surface area (Å²) >= 11 is 0. The van der Waals surface area contributed by atoms with Crippen LogP contribution in [0, 0.1) is 0 Å². The van der Waals surface area contributed by atoms with Crippen LogP contribution in [0.1, 0.15) is 27.7 Å². The molecule has 6 heteroatoms. The lowest BCUT2D eigenvalue weighted by atomic mass is 10.2. The fourth-order valence-corrected chi connectivity index (χ4v) is 2.17. The van der Waals surface area contributed by atoms with E-state index in [0.717, 1.165) is 0 Å². The van der Waals surface area contributed by atoms with Crippen molar-refractivity contribution < 1.29 is 23.4 Å². The molecule has 20 heavy (non-hydrogen) atoms. The number of carbonyl (C=O) groups is 1. The van der Waals surface area contributed by atoms with Crippen molar-refractivity contribution in [2.75, 3.05) is 39.6 Å². The molecule has 0 radical (unpaired) electrons. The van der Waals surface area contributed by atoms with Gasteiger partial charge in [-0.25, -0.2) is 0 Å². The van der Waals surface area contributed by atoms with Gasteiger partial charge in [-0.15, -0.1) is 0 Å². The lowest BCUT2D eigenvalue weighted by Gasteiger charge is -2.36. The Kier molecular flexibility index (Phi) is 9.29. The van der Waals surface area contributed by atoms with Crippen LogP contribution in [0.3, 0.4) is 0 Å². The van der Waals surface area contributed by atoms with E-state index in [9.17, 15) is 4.79 Å². The molecule has 0 N–H and O–H groups in total. The van der Waals surface area contributed by atoms with Crippen LogP contribution in [0.2, 0.25) is 18.1 Å². The van der Waals surface area contributed by atoms with Crippen LogP contribution in [-0.2, 0) is 23.4 Å². The van der Waals surface area contributed by atoms with Gasteiger partial charge in [-0.1, -0.05) is 20.8 Å². The smallest absolute Gasteiger partial charge is 0.302 e. The summed E-state index contributed by atoms with van der Waals surface area (Å²) in [4.78, 5) is 10.5. The zero-order valence-electron chi connectivity index (χ0n) is 13.8. The average Bonchev–Trinajstić information content (AvgIpc) is 2.29. The Morgan fingerprint density at radius 3 is 1.80 bits per heavy atom. The van der Waals surface area contributed by atoms with E-state index < -0.39 is 8.32 Å². The lowest BCUT2D eigenvalue weighted by Crippen LogP contribution is -2.41. The third-order valence-electron chi connectivity index (χ3n) is 3.40. The highest BCUT2D eigenvalue weighted by Crippen LogP contribution is 2.36. The van der Waals surface area contributed by atoms with Crippen molar-refractivity contribution in [1.29, 1.82) is 0 Å². The number of hydrogen-bond acceptors (Lipinski definition) is 5. The zero-order chi connectivity index (χ0) is 15.6. The Morgan fingerprint density at radius 2 is 1.35 bits per heavy atom. The predicted molar refractivity (Wildman–Crippen MR) is 81.4 cm³/mol. The van der Waals surface area contributed by atoms with Gasteiger partial charge in [-0.3, -0.25) is 4.79 Å². The second-order valence-electron chi connectivity index (χ2n) is 6.17. The second-order valence-corrected chi connectivity index (χ2v) is 11.0. The van der Waals surface area contributed by atoms with Crippen molar-refractivity contribution in [2.45, 2.75) is 45.8 Å². The van der Waals surface area contributed by atoms with Gasteiger partial charge in [0.2, 0.25) is 0 Å². The molecule has 0 atom stereocenters. The molecule has 0 aliphatic carbocycles. The predicted octanol–water partition coefficient (Wildman–Crippen LogP) is 2.60. The van der Waals surface area contributed by atoms with Crippen LogP contribution in [0.25, 0.3) is 0 Å². The number of rotatable bonds is 10. The van der Waals surface area contributed by atoms with Gasteiger partial charge in [-0.05, 0) is 18.1 Å². The Hall–Kier alpha value is -0.433. The first-order valence-electron chi connectivity index (χ1n) is 7.09. The van der Waals surface area contributed by atoms with Gasteiger partial charge in [0.25, 0.3) is 0 Å². The molecule has 0 aliphatic rings. The van der Waals surface area contributed by atoms with E-state index in [4.69, 9.17) is 18.6 Å². The van der Waals surface area contributed by atoms with Crippen LogP contribution in [-0.4, -0.2) is 53.9 Å². The molecule has 0 saturated heterocycles. The Bertz CT molecular complexity index is 273. The van der Waals surface area contributed by atoms with Gasteiger partial charge >= 0.3 is 5.97 Å². The molecule has 0 bridgehead atoms. The summed E-state index contributed by atoms with van der Waals surface area (Å²) in [5, 5.41) is 0.229. The van der Waals surface area contributed by atoms with Gasteiger partial charge in [0, 0.05) is 6.92 Å². The third-order valence-corrected chi connectivity index (χ3v) is 7.94. The minimum atomic E-state index is -1.66. The summed E-state index contributed by atoms with van der Waals surface area (Å²) in [7, 11) is -1.66. The fraction of sp³-hybridized carbons (Fsp3) is 0.929. The van der Waals surface area contributed by atoms with Gasteiger partial charge in [0.15, 0.2) is 8.32 Å². The Labute approximate surface area is 124 Å². The molecule has 5 nitrogen and oxygen atoms in total. The van der Waals surface area contributed by atoms with Crippen molar-refractivity contribution >= 4 is 14.3 Å². The van der Waals surface area contributed by atoms with E-state index >= 15 is 0 Å². The summed E-state index contributed by atoms with van der Waals surface area (Å²) in [5.74, 6) is -0.285. The molecule has 0 aromatic carbocycles. The van der Waals surface area contributed by atoms with Gasteiger partial charge < -0.3 is 18.6 Å². The summed E-state index contributed by atoms with van der Waals surface area (Å²) < 4.78 is 21.4. The number of carbonyl (C=O) groups excluding carboxylic acids is 1. The summed E-state index contributed by atoms with van der Waals surface area (Å²) in [5.41, 5.74) is 0. The van der Waals surface area contributed by atoms with Crippen LogP contribution in [0.4, 0.5) is 0 Å². The quantitative estimate of drug-likeness (QED) is 0.353. The number of esters is 1. The van der Waals surface area contributed by atoms with E-state index in [1.54, 1.807) is 0 Å². The largest absolute Gasteiger partial charge is 0.463 e. The molecule has 0 fully saturated rings. The first-order chi connectivity index (χ1) is 9.17. The summed E-state index contributed by atoms with van der Waals surface area (Å²) in [6.45, 7) is 15.4. The maximum atomic E-state index is 10.5. The summed E-state index contributed by atoms with van der Waals surface area (Å²) in [6.07, 6.45) is 0. The molecule has 0 unspecified atom stereocenters. The minimum absolute atomic E-state index is 0.229. The average molecular weight is 306 g/mol. The number of hydrogen-bond donors (Lipinski definition) is 0. The van der Waals surface area contributed by atoms with Gasteiger partial charge in [0.1, 0.15) is 6.61 Å². The topological polar surface area (TPSA) is 54.0 Å². The van der Waals surface area contributed by atoms with Crippen LogP contribution in [0.15, 0.2) is 0 Å². The van der Waals surface area contributed by atoms with Crippen molar-refractivity contribution in [1.82, 2.24) is 0 Å². The van der Waals surface area contributed by atoms with E-state index in [2.05, 4.69) is 33.9 Å². The molecule has 0 aromatic rings. The highest BCUT2D eigenvalue weighted by Gasteiger charge is 2.36. The van der Waals surface area contributed by atoms with Crippen LogP contribution in [0.5, 0.6) is 0 Å². The molecule has 0 saturated carbocycles. The molecular weight excluding hydrogens is 276 g/mol. The minimum Gasteiger partial charge on any atom is -0.463 e. The van der Waals surface area contributed by atoms with Gasteiger partial charge in [-0.2, -0.15) is 0 Å². The molecule has 0 spiro atoms. The fourth-order valence-electron chi connectivity index (χ4n) is 1.14. The second kappa shape index (κ2) is 9.49. The first kappa shape index (κ1) is 19.6. The lowest BCUT2D eigenvalue weighted by molar-refractivity contribution is -0.142. The van der Waals surface area contributed by atoms with Crippen molar-refractivity contribution in [2.24, 2.45) is 0 Å². The maximum absolute atomic E-state index is 10.5. The van der Waals surface area contributed by atoms with E-state index in [0.29, 0.717) is 39.6 Å². The number of ether oxygens (including phenoxy) is 3. The van der Waals surface area contributed by atoms with E-state index in [1.807, 2.05) is 0 Å². The first-order valence-corrected chi connectivity index (χ1v) is 10.0. The van der Waals surface area contributed by atoms with E-state index in [-0.39, 0.29) is 11.0 Å². The van der Waals surface area contributed by atoms with Crippen molar-refractivity contribution in [3.8, 4) is 0 Å². The molecule has 0 aromatic heterocycles. The molecule has 120 valence electrons. The Morgan fingerprint density at radius 1 is 0.900 bits per heavy atom. The van der Waals surface area contributed by atoms with Crippen LogP contribution < -0.4 is 0 Å². The van der Waals surface area contributed by atoms with Gasteiger partial charge in [0.05, 0.1) is 33.0 Å². The highest BCUT2D eigenvalue weighted by molar-refractivity contribution is 6.74. The molecule has 0 heterocycles. The zero-order valence-corrected chi connectivity index (χ0v) is 14.8. The SMILES string of the molecule is CC(=O)OCCOCCOCCO[Si](C)(C)C(C)(C)C. The van der Waals surface area contributed by atoms with E-state index in [1.165, 1.54) is 6.92 Å². The normalized spacial score (nSPS) is 12.5.